The van der Waals surface area contributed by atoms with Crippen molar-refractivity contribution in [3.05, 3.63) is 70.4 Å². The van der Waals surface area contributed by atoms with Crippen LogP contribution in [-0.4, -0.2) is 7.05 Å². The molecule has 0 radical (unpaired) electrons. The van der Waals surface area contributed by atoms with Gasteiger partial charge in [0.25, 0.3) is 0 Å². The standard InChI is InChI=1S/C18H15Cl2NO2/c1-21-11-13-5-4-12(17-3-2-8-22-17)9-18(13)23-14-6-7-15(19)16(20)10-14/h2-10,21H,11H2,1H3. The zero-order chi connectivity index (χ0) is 16.2. The Bertz CT molecular complexity index is 801. The van der Waals surface area contributed by atoms with E-state index in [-0.39, 0.29) is 0 Å². The molecule has 2 aromatic carbocycles. The molecule has 0 aliphatic carbocycles. The Balaban J connectivity index is 1.97. The molecule has 23 heavy (non-hydrogen) atoms. The van der Waals surface area contributed by atoms with Gasteiger partial charge in [-0.1, -0.05) is 35.3 Å². The van der Waals surface area contributed by atoms with Gasteiger partial charge in [0.05, 0.1) is 16.3 Å². The molecule has 3 aromatic rings. The minimum atomic E-state index is 0.460. The molecule has 0 saturated carbocycles. The number of hydrogen-bond acceptors (Lipinski definition) is 3. The monoisotopic (exact) mass is 347 g/mol. The highest BCUT2D eigenvalue weighted by molar-refractivity contribution is 6.42. The molecule has 0 aliphatic heterocycles. The van der Waals surface area contributed by atoms with Crippen molar-refractivity contribution in [1.29, 1.82) is 0 Å². The predicted molar refractivity (Wildman–Crippen MR) is 93.4 cm³/mol. The van der Waals surface area contributed by atoms with E-state index in [9.17, 15) is 0 Å². The first-order chi connectivity index (χ1) is 11.2. The van der Waals surface area contributed by atoms with Crippen molar-refractivity contribution in [3.8, 4) is 22.8 Å². The van der Waals surface area contributed by atoms with Crippen molar-refractivity contribution < 1.29 is 9.15 Å². The smallest absolute Gasteiger partial charge is 0.133 e. The molecule has 0 amide bonds. The van der Waals surface area contributed by atoms with E-state index < -0.39 is 0 Å². The summed E-state index contributed by atoms with van der Waals surface area (Å²) in [6.07, 6.45) is 1.65. The van der Waals surface area contributed by atoms with E-state index in [2.05, 4.69) is 5.32 Å². The molecule has 0 atom stereocenters. The van der Waals surface area contributed by atoms with Crippen molar-refractivity contribution >= 4 is 23.2 Å². The van der Waals surface area contributed by atoms with Gasteiger partial charge in [-0.25, -0.2) is 0 Å². The highest BCUT2D eigenvalue weighted by atomic mass is 35.5. The van der Waals surface area contributed by atoms with Crippen LogP contribution in [-0.2, 0) is 6.54 Å². The lowest BCUT2D eigenvalue weighted by atomic mass is 10.1. The van der Waals surface area contributed by atoms with Crippen LogP contribution in [0.15, 0.2) is 59.2 Å². The number of benzene rings is 2. The first-order valence-electron chi connectivity index (χ1n) is 7.11. The highest BCUT2D eigenvalue weighted by Gasteiger charge is 2.10. The number of hydrogen-bond donors (Lipinski definition) is 1. The fraction of sp³-hybridized carbons (Fsp3) is 0.111. The summed E-state index contributed by atoms with van der Waals surface area (Å²) in [7, 11) is 1.89. The SMILES string of the molecule is CNCc1ccc(-c2ccco2)cc1Oc1ccc(Cl)c(Cl)c1. The van der Waals surface area contributed by atoms with Gasteiger partial charge in [0.2, 0.25) is 0 Å². The van der Waals surface area contributed by atoms with Gasteiger partial charge in [0.15, 0.2) is 0 Å². The van der Waals surface area contributed by atoms with Gasteiger partial charge in [-0.3, -0.25) is 0 Å². The average molecular weight is 348 g/mol. The molecule has 3 rings (SSSR count). The van der Waals surface area contributed by atoms with E-state index >= 15 is 0 Å². The van der Waals surface area contributed by atoms with Crippen LogP contribution < -0.4 is 10.1 Å². The molecule has 0 aliphatic rings. The topological polar surface area (TPSA) is 34.4 Å². The summed E-state index contributed by atoms with van der Waals surface area (Å²) in [5.41, 5.74) is 1.98. The largest absolute Gasteiger partial charge is 0.464 e. The molecule has 5 heteroatoms. The van der Waals surface area contributed by atoms with Crippen molar-refractivity contribution in [1.82, 2.24) is 5.32 Å². The van der Waals surface area contributed by atoms with Crippen LogP contribution >= 0.6 is 23.2 Å². The summed E-state index contributed by atoms with van der Waals surface area (Å²) in [5.74, 6) is 2.17. The Labute approximate surface area is 144 Å². The summed E-state index contributed by atoms with van der Waals surface area (Å²) < 4.78 is 11.5. The summed E-state index contributed by atoms with van der Waals surface area (Å²) in [4.78, 5) is 0. The zero-order valence-electron chi connectivity index (χ0n) is 12.5. The molecule has 0 bridgehead atoms. The van der Waals surface area contributed by atoms with Gasteiger partial charge >= 0.3 is 0 Å². The lowest BCUT2D eigenvalue weighted by Crippen LogP contribution is -2.06. The van der Waals surface area contributed by atoms with Crippen LogP contribution in [0.2, 0.25) is 10.0 Å². The highest BCUT2D eigenvalue weighted by Crippen LogP contribution is 2.33. The van der Waals surface area contributed by atoms with E-state index in [4.69, 9.17) is 32.4 Å². The number of halogens is 2. The fourth-order valence-electron chi connectivity index (χ4n) is 2.25. The van der Waals surface area contributed by atoms with E-state index in [1.165, 1.54) is 0 Å². The van der Waals surface area contributed by atoms with Crippen LogP contribution in [0.4, 0.5) is 0 Å². The summed E-state index contributed by atoms with van der Waals surface area (Å²) >= 11 is 12.0. The van der Waals surface area contributed by atoms with Crippen molar-refractivity contribution in [2.75, 3.05) is 7.05 Å². The maximum atomic E-state index is 6.05. The number of rotatable bonds is 5. The third kappa shape index (κ3) is 3.70. The van der Waals surface area contributed by atoms with Crippen molar-refractivity contribution in [2.24, 2.45) is 0 Å². The van der Waals surface area contributed by atoms with E-state index in [1.807, 2.05) is 37.4 Å². The lowest BCUT2D eigenvalue weighted by molar-refractivity contribution is 0.474. The zero-order valence-corrected chi connectivity index (χ0v) is 14.0. The van der Waals surface area contributed by atoms with Gasteiger partial charge in [0, 0.05) is 23.7 Å². The summed E-state index contributed by atoms with van der Waals surface area (Å²) in [5, 5.41) is 4.09. The minimum Gasteiger partial charge on any atom is -0.464 e. The van der Waals surface area contributed by atoms with Gasteiger partial charge in [-0.15, -0.1) is 0 Å². The van der Waals surface area contributed by atoms with Gasteiger partial charge in [-0.2, -0.15) is 0 Å². The summed E-state index contributed by atoms with van der Waals surface area (Å²) in [6, 6.07) is 15.0. The Hall–Kier alpha value is -1.94. The van der Waals surface area contributed by atoms with Gasteiger partial charge in [-0.05, 0) is 37.4 Å². The maximum absolute atomic E-state index is 6.05. The van der Waals surface area contributed by atoms with Crippen LogP contribution in [0.5, 0.6) is 11.5 Å². The fourth-order valence-corrected chi connectivity index (χ4v) is 2.54. The van der Waals surface area contributed by atoms with E-state index in [0.29, 0.717) is 22.3 Å². The molecular formula is C18H15Cl2NO2. The predicted octanol–water partition coefficient (Wildman–Crippen LogP) is 5.77. The van der Waals surface area contributed by atoms with Crippen LogP contribution in [0.3, 0.4) is 0 Å². The van der Waals surface area contributed by atoms with Crippen molar-refractivity contribution in [3.63, 3.8) is 0 Å². The maximum Gasteiger partial charge on any atom is 0.133 e. The normalized spacial score (nSPS) is 10.7. The van der Waals surface area contributed by atoms with E-state index in [0.717, 1.165) is 22.6 Å². The van der Waals surface area contributed by atoms with Crippen LogP contribution in [0, 0.1) is 0 Å². The Morgan fingerprint density at radius 2 is 1.91 bits per heavy atom. The molecule has 1 aromatic heterocycles. The lowest BCUT2D eigenvalue weighted by Gasteiger charge is -2.13. The van der Waals surface area contributed by atoms with Gasteiger partial charge in [0.1, 0.15) is 17.3 Å². The number of nitrogens with one attached hydrogen (secondary N) is 1. The molecule has 0 unspecified atom stereocenters. The molecule has 0 spiro atoms. The van der Waals surface area contributed by atoms with Crippen LogP contribution in [0.25, 0.3) is 11.3 Å². The van der Waals surface area contributed by atoms with Crippen molar-refractivity contribution in [2.45, 2.75) is 6.54 Å². The second kappa shape index (κ2) is 7.09. The molecule has 3 nitrogen and oxygen atoms in total. The molecule has 0 saturated heterocycles. The third-order valence-electron chi connectivity index (χ3n) is 3.36. The quantitative estimate of drug-likeness (QED) is 0.636. The molecular weight excluding hydrogens is 333 g/mol. The average Bonchev–Trinajstić information content (AvgIpc) is 3.07. The number of furan rings is 1. The molecule has 1 heterocycles. The Kier molecular flexibility index (Phi) is 4.91. The Morgan fingerprint density at radius 3 is 2.61 bits per heavy atom. The first kappa shape index (κ1) is 15.9. The number of ether oxygens (including phenoxy) is 1. The van der Waals surface area contributed by atoms with E-state index in [1.54, 1.807) is 24.5 Å². The third-order valence-corrected chi connectivity index (χ3v) is 4.10. The first-order valence-corrected chi connectivity index (χ1v) is 7.87. The molecule has 0 fully saturated rings. The summed E-state index contributed by atoms with van der Waals surface area (Å²) in [6.45, 7) is 0.690. The second-order valence-electron chi connectivity index (χ2n) is 5.01. The van der Waals surface area contributed by atoms with Crippen LogP contribution in [0.1, 0.15) is 5.56 Å². The second-order valence-corrected chi connectivity index (χ2v) is 5.82. The minimum absolute atomic E-state index is 0.460. The van der Waals surface area contributed by atoms with Gasteiger partial charge < -0.3 is 14.5 Å². The Morgan fingerprint density at radius 1 is 1.04 bits per heavy atom. The molecule has 1 N–H and O–H groups in total. The molecule has 118 valence electrons.